The Hall–Kier alpha value is -2.02. The van der Waals surface area contributed by atoms with Gasteiger partial charge in [-0.1, -0.05) is 115 Å². The van der Waals surface area contributed by atoms with Gasteiger partial charge in [-0.15, -0.1) is 0 Å². The molecule has 0 aromatic rings. The van der Waals surface area contributed by atoms with Crippen LogP contribution in [0.25, 0.3) is 0 Å². The van der Waals surface area contributed by atoms with E-state index in [1.165, 1.54) is 51.4 Å². The molecule has 0 spiro atoms. The molecule has 0 amide bonds. The van der Waals surface area contributed by atoms with E-state index in [4.69, 9.17) is 28.4 Å². The van der Waals surface area contributed by atoms with Crippen LogP contribution in [0.1, 0.15) is 168 Å². The number of carbonyl (C=O) groups is 2. The highest BCUT2D eigenvalue weighted by molar-refractivity contribution is 5.70. The SMILES string of the molecule is CCCCCC/C=C\CCCCCCCC(=O)OC[C@@H](CO[C@@H]1O[C@H](CO)[C@H](O[C@H]2O[C@H](CO)[C@@H](O)[C@H](O)[C@H]2O)[C@H](O)[C@H]1O)OC(=O)CCCCCCC/C=C\CCCCCC. The summed E-state index contributed by atoms with van der Waals surface area (Å²) in [5, 5.41) is 72.3. The van der Waals surface area contributed by atoms with E-state index in [2.05, 4.69) is 38.2 Å². The van der Waals surface area contributed by atoms with Crippen molar-refractivity contribution in [3.63, 3.8) is 0 Å². The fourth-order valence-corrected chi connectivity index (χ4v) is 7.49. The van der Waals surface area contributed by atoms with E-state index in [1.807, 2.05) is 0 Å². The van der Waals surface area contributed by atoms with Crippen molar-refractivity contribution in [3.05, 3.63) is 24.3 Å². The topological polar surface area (TPSA) is 231 Å². The lowest BCUT2D eigenvalue weighted by Crippen LogP contribution is -2.64. The van der Waals surface area contributed by atoms with Crippen LogP contribution < -0.4 is 0 Å². The molecule has 2 aliphatic rings. The van der Waals surface area contributed by atoms with Crippen molar-refractivity contribution in [2.75, 3.05) is 26.4 Å². The Morgan fingerprint density at radius 2 is 0.968 bits per heavy atom. The van der Waals surface area contributed by atoms with Gasteiger partial charge in [0.05, 0.1) is 19.8 Å². The van der Waals surface area contributed by atoms with Gasteiger partial charge in [0.25, 0.3) is 0 Å². The molecule has 0 aliphatic carbocycles. The minimum absolute atomic E-state index is 0.154. The lowest BCUT2D eigenvalue weighted by atomic mass is 9.97. The fraction of sp³-hybridized carbons (Fsp3) is 0.872. The molecule has 2 heterocycles. The molecular weight excluding hydrogens is 805 g/mol. The van der Waals surface area contributed by atoms with E-state index in [0.29, 0.717) is 12.8 Å². The average Bonchev–Trinajstić information content (AvgIpc) is 3.27. The van der Waals surface area contributed by atoms with Crippen molar-refractivity contribution in [2.45, 2.75) is 235 Å². The standard InChI is InChI=1S/C47H84O15/c1-3-5-7-9-11-13-15-17-19-21-23-25-27-29-38(50)57-33-35(59-39(51)30-28-26-24-22-20-18-16-14-12-10-8-6-4-2)34-58-46-44(56)42(54)45(37(32-49)61-46)62-47-43(55)41(53)40(52)36(31-48)60-47/h13-16,35-37,40-49,52-56H,3-12,17-34H2,1-2H3/b15-13-,16-14-/t35-,36+,37+,40+,41-,42+,43+,44+,45-,46+,47+/m0/s1. The molecule has 0 saturated carbocycles. The van der Waals surface area contributed by atoms with Crippen LogP contribution in [0.5, 0.6) is 0 Å². The van der Waals surface area contributed by atoms with Gasteiger partial charge in [0.1, 0.15) is 55.4 Å². The van der Waals surface area contributed by atoms with Crippen LogP contribution in [0, 0.1) is 0 Å². The van der Waals surface area contributed by atoms with Crippen molar-refractivity contribution in [2.24, 2.45) is 0 Å². The van der Waals surface area contributed by atoms with E-state index in [9.17, 15) is 45.3 Å². The van der Waals surface area contributed by atoms with Crippen LogP contribution in [-0.2, 0) is 38.0 Å². The zero-order chi connectivity index (χ0) is 45.4. The third kappa shape index (κ3) is 23.3. The molecular formula is C47H84O15. The Labute approximate surface area is 371 Å². The van der Waals surface area contributed by atoms with Crippen LogP contribution in [0.15, 0.2) is 24.3 Å². The Morgan fingerprint density at radius 1 is 0.516 bits per heavy atom. The van der Waals surface area contributed by atoms with Crippen molar-refractivity contribution in [1.82, 2.24) is 0 Å². The number of aliphatic hydroxyl groups is 7. The lowest BCUT2D eigenvalue weighted by Gasteiger charge is -2.46. The highest BCUT2D eigenvalue weighted by atomic mass is 16.7. The maximum Gasteiger partial charge on any atom is 0.306 e. The number of aliphatic hydroxyl groups excluding tert-OH is 7. The van der Waals surface area contributed by atoms with E-state index in [-0.39, 0.29) is 26.1 Å². The maximum atomic E-state index is 12.9. The van der Waals surface area contributed by atoms with Gasteiger partial charge in [-0.05, 0) is 64.2 Å². The number of hydrogen-bond acceptors (Lipinski definition) is 15. The minimum atomic E-state index is -1.80. The molecule has 15 heteroatoms. The van der Waals surface area contributed by atoms with Gasteiger partial charge in [-0.3, -0.25) is 9.59 Å². The normalized spacial score (nSPS) is 27.2. The Kier molecular flexibility index (Phi) is 31.9. The molecule has 2 saturated heterocycles. The second-order valence-electron chi connectivity index (χ2n) is 16.9. The van der Waals surface area contributed by atoms with Crippen molar-refractivity contribution in [1.29, 1.82) is 0 Å². The van der Waals surface area contributed by atoms with Gasteiger partial charge in [0, 0.05) is 12.8 Å². The summed E-state index contributed by atoms with van der Waals surface area (Å²) in [6.07, 6.45) is 16.1. The van der Waals surface area contributed by atoms with E-state index < -0.39 is 92.7 Å². The maximum absolute atomic E-state index is 12.9. The first-order valence-corrected chi connectivity index (χ1v) is 23.9. The van der Waals surface area contributed by atoms with Crippen molar-refractivity contribution >= 4 is 11.9 Å². The number of ether oxygens (including phenoxy) is 6. The molecule has 0 bridgehead atoms. The van der Waals surface area contributed by atoms with Crippen LogP contribution in [0.3, 0.4) is 0 Å². The van der Waals surface area contributed by atoms with Crippen molar-refractivity contribution in [3.8, 4) is 0 Å². The summed E-state index contributed by atoms with van der Waals surface area (Å²) >= 11 is 0. The summed E-state index contributed by atoms with van der Waals surface area (Å²) in [6, 6.07) is 0. The molecule has 0 unspecified atom stereocenters. The molecule has 62 heavy (non-hydrogen) atoms. The van der Waals surface area contributed by atoms with Crippen LogP contribution in [0.2, 0.25) is 0 Å². The lowest BCUT2D eigenvalue weighted by molar-refractivity contribution is -0.360. The third-order valence-corrected chi connectivity index (χ3v) is 11.4. The second-order valence-corrected chi connectivity index (χ2v) is 16.9. The van der Waals surface area contributed by atoms with Gasteiger partial charge >= 0.3 is 11.9 Å². The second kappa shape index (κ2) is 35.3. The Balaban J connectivity index is 1.86. The molecule has 15 nitrogen and oxygen atoms in total. The molecule has 2 rings (SSSR count). The summed E-state index contributed by atoms with van der Waals surface area (Å²) in [6.45, 7) is 2.28. The first kappa shape index (κ1) is 56.1. The predicted molar refractivity (Wildman–Crippen MR) is 234 cm³/mol. The smallest absolute Gasteiger partial charge is 0.306 e. The zero-order valence-corrected chi connectivity index (χ0v) is 37.9. The number of esters is 2. The highest BCUT2D eigenvalue weighted by Crippen LogP contribution is 2.30. The van der Waals surface area contributed by atoms with Gasteiger partial charge in [-0.25, -0.2) is 0 Å². The molecule has 0 aromatic carbocycles. The highest BCUT2D eigenvalue weighted by Gasteiger charge is 2.50. The molecule has 7 N–H and O–H groups in total. The first-order valence-electron chi connectivity index (χ1n) is 23.9. The van der Waals surface area contributed by atoms with Gasteiger partial charge in [0.2, 0.25) is 0 Å². The average molecular weight is 889 g/mol. The Morgan fingerprint density at radius 3 is 1.48 bits per heavy atom. The largest absolute Gasteiger partial charge is 0.462 e. The molecule has 11 atom stereocenters. The summed E-state index contributed by atoms with van der Waals surface area (Å²) in [5.41, 5.74) is 0. The van der Waals surface area contributed by atoms with Crippen LogP contribution in [-0.4, -0.2) is 142 Å². The number of unbranched alkanes of at least 4 members (excludes halogenated alkanes) is 18. The van der Waals surface area contributed by atoms with Gasteiger partial charge in [0.15, 0.2) is 18.7 Å². The molecule has 362 valence electrons. The molecule has 0 radical (unpaired) electrons. The Bertz CT molecular complexity index is 1180. The number of rotatable bonds is 36. The number of allylic oxidation sites excluding steroid dienone is 4. The van der Waals surface area contributed by atoms with E-state index >= 15 is 0 Å². The molecule has 2 aliphatic heterocycles. The quantitative estimate of drug-likeness (QED) is 0.0231. The first-order chi connectivity index (χ1) is 30.1. The summed E-state index contributed by atoms with van der Waals surface area (Å²) < 4.78 is 33.6. The third-order valence-electron chi connectivity index (χ3n) is 11.4. The summed E-state index contributed by atoms with van der Waals surface area (Å²) in [4.78, 5) is 25.6. The fourth-order valence-electron chi connectivity index (χ4n) is 7.49. The molecule has 2 fully saturated rings. The van der Waals surface area contributed by atoms with Gasteiger partial charge in [-0.2, -0.15) is 0 Å². The van der Waals surface area contributed by atoms with Crippen molar-refractivity contribution < 1.29 is 73.8 Å². The number of hydrogen-bond donors (Lipinski definition) is 7. The monoisotopic (exact) mass is 889 g/mol. The summed E-state index contributed by atoms with van der Waals surface area (Å²) in [7, 11) is 0. The van der Waals surface area contributed by atoms with Gasteiger partial charge < -0.3 is 64.2 Å². The minimum Gasteiger partial charge on any atom is -0.462 e. The van der Waals surface area contributed by atoms with E-state index in [0.717, 1.165) is 77.0 Å². The van der Waals surface area contributed by atoms with Crippen LogP contribution in [0.4, 0.5) is 0 Å². The van der Waals surface area contributed by atoms with E-state index in [1.54, 1.807) is 0 Å². The number of carbonyl (C=O) groups excluding carboxylic acids is 2. The van der Waals surface area contributed by atoms with Crippen LogP contribution >= 0.6 is 0 Å². The summed E-state index contributed by atoms with van der Waals surface area (Å²) in [5.74, 6) is -0.945. The zero-order valence-electron chi connectivity index (χ0n) is 37.9. The molecule has 0 aromatic heterocycles. The predicted octanol–water partition coefficient (Wildman–Crippen LogP) is 5.60.